The van der Waals surface area contributed by atoms with Gasteiger partial charge in [0.15, 0.2) is 0 Å². The molecule has 1 atom stereocenters. The predicted molar refractivity (Wildman–Crippen MR) is 131 cm³/mol. The Labute approximate surface area is 196 Å². The van der Waals surface area contributed by atoms with Gasteiger partial charge in [-0.15, -0.1) is 0 Å². The number of fused-ring (bicyclic) bond motifs is 2. The van der Waals surface area contributed by atoms with Gasteiger partial charge in [0.1, 0.15) is 5.75 Å². The molecular weight excluding hydrogens is 432 g/mol. The van der Waals surface area contributed by atoms with Gasteiger partial charge in [-0.3, -0.25) is 14.9 Å². The number of aliphatic hydroxyl groups is 1. The molecule has 0 aliphatic carbocycles. The molecule has 0 spiro atoms. The van der Waals surface area contributed by atoms with Crippen molar-refractivity contribution >= 4 is 44.8 Å². The third-order valence-electron chi connectivity index (χ3n) is 6.12. The lowest BCUT2D eigenvalue weighted by molar-refractivity contribution is -0.122. The number of rotatable bonds is 7. The topological polar surface area (TPSA) is 99.6 Å². The van der Waals surface area contributed by atoms with Gasteiger partial charge >= 0.3 is 0 Å². The zero-order valence-corrected chi connectivity index (χ0v) is 19.3. The maximum Gasteiger partial charge on any atom is 0.259 e. The number of carbonyl (C=O) groups is 2. The Hall–Kier alpha value is -3.88. The molecule has 174 valence electrons. The molecule has 8 heteroatoms. The summed E-state index contributed by atoms with van der Waals surface area (Å²) in [5.74, 6) is -0.248. The molecule has 1 aliphatic rings. The minimum absolute atomic E-state index is 0.306. The normalized spacial score (nSPS) is 15.1. The first-order valence-corrected chi connectivity index (χ1v) is 11.0. The molecule has 5 rings (SSSR count). The highest BCUT2D eigenvalue weighted by atomic mass is 16.5. The minimum Gasteiger partial charge on any atom is -0.495 e. The number of benzene rings is 2. The highest BCUT2D eigenvalue weighted by molar-refractivity contribution is 6.50. The Kier molecular flexibility index (Phi) is 5.47. The lowest BCUT2D eigenvalue weighted by Gasteiger charge is -2.17. The smallest absolute Gasteiger partial charge is 0.259 e. The molecule has 2 aromatic heterocycles. The number of nitrogens with zero attached hydrogens (tertiary/aromatic N) is 2. The fourth-order valence-electron chi connectivity index (χ4n) is 4.79. The third-order valence-corrected chi connectivity index (χ3v) is 6.12. The lowest BCUT2D eigenvalue weighted by Crippen LogP contribution is -2.29. The number of hydrogen-bond donors (Lipinski definition) is 3. The van der Waals surface area contributed by atoms with Crippen molar-refractivity contribution in [1.29, 1.82) is 0 Å². The van der Waals surface area contributed by atoms with Gasteiger partial charge in [-0.25, -0.2) is 0 Å². The predicted octanol–water partition coefficient (Wildman–Crippen LogP) is 2.62. The second-order valence-electron chi connectivity index (χ2n) is 8.75. The van der Waals surface area contributed by atoms with Crippen molar-refractivity contribution in [3.63, 3.8) is 0 Å². The Morgan fingerprint density at radius 2 is 1.71 bits per heavy atom. The number of methoxy groups -OCH3 is 1. The Morgan fingerprint density at radius 1 is 1.00 bits per heavy atom. The third kappa shape index (κ3) is 3.57. The summed E-state index contributed by atoms with van der Waals surface area (Å²) in [6, 6.07) is 13.3. The van der Waals surface area contributed by atoms with E-state index in [0.717, 1.165) is 21.8 Å². The summed E-state index contributed by atoms with van der Waals surface area (Å²) in [5.41, 5.74) is 3.58. The van der Waals surface area contributed by atoms with Crippen molar-refractivity contribution in [2.24, 2.45) is 0 Å². The van der Waals surface area contributed by atoms with Crippen LogP contribution in [0, 0.1) is 0 Å². The number of aromatic amines is 1. The van der Waals surface area contributed by atoms with E-state index in [4.69, 9.17) is 4.74 Å². The van der Waals surface area contributed by atoms with Gasteiger partial charge in [0, 0.05) is 52.9 Å². The molecule has 4 aromatic rings. The van der Waals surface area contributed by atoms with Crippen LogP contribution in [0.2, 0.25) is 0 Å². The first-order valence-electron chi connectivity index (χ1n) is 11.0. The van der Waals surface area contributed by atoms with E-state index in [0.29, 0.717) is 41.1 Å². The van der Waals surface area contributed by atoms with E-state index in [2.05, 4.69) is 10.3 Å². The Bertz CT molecular complexity index is 1460. The van der Waals surface area contributed by atoms with Crippen LogP contribution in [0.1, 0.15) is 11.1 Å². The zero-order valence-electron chi connectivity index (χ0n) is 19.3. The van der Waals surface area contributed by atoms with Gasteiger partial charge in [0.2, 0.25) is 0 Å². The first-order chi connectivity index (χ1) is 16.4. The molecule has 1 aliphatic heterocycles. The van der Waals surface area contributed by atoms with Crippen LogP contribution in [0.4, 0.5) is 0 Å². The quantitative estimate of drug-likeness (QED) is 0.370. The van der Waals surface area contributed by atoms with Crippen LogP contribution in [0.25, 0.3) is 33.0 Å². The average molecular weight is 459 g/mol. The van der Waals surface area contributed by atoms with E-state index in [1.54, 1.807) is 13.3 Å². The van der Waals surface area contributed by atoms with E-state index >= 15 is 0 Å². The maximum atomic E-state index is 13.1. The molecule has 8 nitrogen and oxygen atoms in total. The van der Waals surface area contributed by atoms with E-state index in [9.17, 15) is 14.7 Å². The molecule has 0 fully saturated rings. The fourth-order valence-corrected chi connectivity index (χ4v) is 4.79. The van der Waals surface area contributed by atoms with Crippen LogP contribution in [-0.2, 0) is 16.1 Å². The van der Waals surface area contributed by atoms with Gasteiger partial charge in [0.05, 0.1) is 29.9 Å². The van der Waals surface area contributed by atoms with Crippen LogP contribution in [-0.4, -0.2) is 65.2 Å². The zero-order chi connectivity index (χ0) is 24.0. The van der Waals surface area contributed by atoms with Crippen LogP contribution in [0.15, 0.2) is 54.9 Å². The second kappa shape index (κ2) is 8.48. The van der Waals surface area contributed by atoms with Crippen molar-refractivity contribution in [2.75, 3.05) is 27.7 Å². The van der Waals surface area contributed by atoms with Crippen LogP contribution < -0.4 is 10.1 Å². The van der Waals surface area contributed by atoms with Crippen LogP contribution >= 0.6 is 0 Å². The summed E-state index contributed by atoms with van der Waals surface area (Å²) in [6.45, 7) is 0.784. The first kappa shape index (κ1) is 21.9. The Balaban J connectivity index is 1.75. The number of para-hydroxylation sites is 2. The molecule has 0 saturated carbocycles. The molecule has 0 saturated heterocycles. The molecule has 0 radical (unpaired) electrons. The van der Waals surface area contributed by atoms with Gasteiger partial charge in [-0.1, -0.05) is 30.3 Å². The maximum absolute atomic E-state index is 13.1. The molecule has 3 N–H and O–H groups in total. The summed E-state index contributed by atoms with van der Waals surface area (Å²) in [6.07, 6.45) is 2.96. The van der Waals surface area contributed by atoms with E-state index in [-0.39, 0.29) is 0 Å². The van der Waals surface area contributed by atoms with Crippen molar-refractivity contribution < 1.29 is 19.4 Å². The van der Waals surface area contributed by atoms with E-state index < -0.39 is 17.9 Å². The van der Waals surface area contributed by atoms with Gasteiger partial charge in [-0.2, -0.15) is 0 Å². The Morgan fingerprint density at radius 3 is 2.44 bits per heavy atom. The summed E-state index contributed by atoms with van der Waals surface area (Å²) >= 11 is 0. The van der Waals surface area contributed by atoms with Crippen molar-refractivity contribution in [2.45, 2.75) is 12.6 Å². The number of aromatic nitrogens is 2. The molecule has 1 unspecified atom stereocenters. The monoisotopic (exact) mass is 458 g/mol. The van der Waals surface area contributed by atoms with Crippen molar-refractivity contribution in [3.8, 4) is 5.75 Å². The molecule has 3 heterocycles. The fraction of sp³-hybridized carbons (Fsp3) is 0.231. The summed E-state index contributed by atoms with van der Waals surface area (Å²) in [5, 5.41) is 14.7. The largest absolute Gasteiger partial charge is 0.495 e. The number of aliphatic hydroxyl groups excluding tert-OH is 1. The summed E-state index contributed by atoms with van der Waals surface area (Å²) in [4.78, 5) is 31.2. The SMILES string of the molecule is COc1cccc2c(C3=C(c4c[nH]c5ccccc45)C(=O)NC3=O)cn(CC(O)CN(C)C)c12. The molecule has 0 bridgehead atoms. The molecular formula is C26H26N4O4. The van der Waals surface area contributed by atoms with Gasteiger partial charge in [-0.05, 0) is 26.2 Å². The van der Waals surface area contributed by atoms with E-state index in [1.807, 2.05) is 72.2 Å². The molecule has 2 amide bonds. The number of nitrogens with one attached hydrogen (secondary N) is 2. The molecule has 2 aromatic carbocycles. The van der Waals surface area contributed by atoms with Crippen LogP contribution in [0.3, 0.4) is 0 Å². The number of H-pyrrole nitrogens is 1. The number of hydrogen-bond acceptors (Lipinski definition) is 5. The number of likely N-dealkylation sites (N-methyl/N-ethyl adjacent to an activating group) is 1. The van der Waals surface area contributed by atoms with Crippen molar-refractivity contribution in [1.82, 2.24) is 19.8 Å². The lowest BCUT2D eigenvalue weighted by atomic mass is 9.95. The highest BCUT2D eigenvalue weighted by Gasteiger charge is 2.35. The van der Waals surface area contributed by atoms with Crippen molar-refractivity contribution in [3.05, 3.63) is 66.0 Å². The van der Waals surface area contributed by atoms with Crippen LogP contribution in [0.5, 0.6) is 5.75 Å². The number of ether oxygens (including phenoxy) is 1. The summed E-state index contributed by atoms with van der Waals surface area (Å²) in [7, 11) is 5.38. The number of carbonyl (C=O) groups excluding carboxylic acids is 2. The highest BCUT2D eigenvalue weighted by Crippen LogP contribution is 2.40. The minimum atomic E-state index is -0.635. The number of imide groups is 1. The van der Waals surface area contributed by atoms with Gasteiger partial charge in [0.25, 0.3) is 11.8 Å². The standard InChI is InChI=1S/C26H26N4O4/c1-29(2)12-15(31)13-30-14-19(17-8-6-10-21(34-3)24(17)30)23-22(25(32)28-26(23)33)18-11-27-20-9-5-4-7-16(18)20/h4-11,14-15,27,31H,12-13H2,1-3H3,(H,28,32,33). The van der Waals surface area contributed by atoms with Gasteiger partial charge < -0.3 is 24.3 Å². The van der Waals surface area contributed by atoms with E-state index in [1.165, 1.54) is 0 Å². The number of amides is 2. The molecule has 34 heavy (non-hydrogen) atoms. The summed E-state index contributed by atoms with van der Waals surface area (Å²) < 4.78 is 7.51. The second-order valence-corrected chi connectivity index (χ2v) is 8.75. The average Bonchev–Trinajstić information content (AvgIpc) is 3.46.